The van der Waals surface area contributed by atoms with Crippen LogP contribution in [0.2, 0.25) is 0 Å². The number of rotatable bonds is 5. The van der Waals surface area contributed by atoms with E-state index in [4.69, 9.17) is 9.15 Å². The van der Waals surface area contributed by atoms with E-state index in [1.54, 1.807) is 6.07 Å². The number of furan rings is 1. The van der Waals surface area contributed by atoms with E-state index < -0.39 is 0 Å². The molecule has 0 radical (unpaired) electrons. The van der Waals surface area contributed by atoms with Gasteiger partial charge in [-0.1, -0.05) is 18.2 Å². The lowest BCUT2D eigenvalue weighted by Crippen LogP contribution is -2.47. The number of nitrogens with one attached hydrogen (secondary N) is 2. The van der Waals surface area contributed by atoms with Gasteiger partial charge < -0.3 is 19.4 Å². The number of para-hydroxylation sites is 1. The second-order valence-corrected chi connectivity index (χ2v) is 6.56. The first-order valence-corrected chi connectivity index (χ1v) is 9.01. The summed E-state index contributed by atoms with van der Waals surface area (Å²) in [6.45, 7) is 4.53. The number of ether oxygens (including phenoxy) is 1. The van der Waals surface area contributed by atoms with Crippen molar-refractivity contribution in [1.29, 1.82) is 0 Å². The number of amides is 1. The zero-order valence-corrected chi connectivity index (χ0v) is 15.1. The van der Waals surface area contributed by atoms with Crippen LogP contribution in [0.4, 0.5) is 5.69 Å². The molecule has 1 aromatic carbocycles. The third kappa shape index (κ3) is 4.03. The number of aromatic amines is 1. The van der Waals surface area contributed by atoms with E-state index in [9.17, 15) is 4.79 Å². The van der Waals surface area contributed by atoms with Gasteiger partial charge in [0, 0.05) is 31.4 Å². The Morgan fingerprint density at radius 1 is 1.30 bits per heavy atom. The van der Waals surface area contributed by atoms with E-state index in [0.717, 1.165) is 18.8 Å². The Hall–Kier alpha value is -3.06. The normalized spacial score (nSPS) is 17.1. The molecule has 0 unspecified atom stereocenters. The summed E-state index contributed by atoms with van der Waals surface area (Å²) in [5.74, 6) is 1.23. The minimum atomic E-state index is -0.235. The number of aromatic nitrogens is 2. The summed E-state index contributed by atoms with van der Waals surface area (Å²) < 4.78 is 11.3. The third-order valence-corrected chi connectivity index (χ3v) is 4.57. The van der Waals surface area contributed by atoms with Crippen molar-refractivity contribution >= 4 is 11.6 Å². The third-order valence-electron chi connectivity index (χ3n) is 4.57. The van der Waals surface area contributed by atoms with Crippen molar-refractivity contribution in [1.82, 2.24) is 15.5 Å². The number of carbonyl (C=O) groups is 1. The van der Waals surface area contributed by atoms with Crippen molar-refractivity contribution in [3.05, 3.63) is 60.0 Å². The van der Waals surface area contributed by atoms with Crippen LogP contribution in [0.1, 0.15) is 16.2 Å². The number of hydrogen-bond donors (Lipinski definition) is 2. The first-order valence-electron chi connectivity index (χ1n) is 9.01. The van der Waals surface area contributed by atoms with Gasteiger partial charge in [-0.15, -0.1) is 0 Å². The quantitative estimate of drug-likeness (QED) is 0.725. The molecule has 140 valence electrons. The van der Waals surface area contributed by atoms with Crippen molar-refractivity contribution in [3.63, 3.8) is 0 Å². The molecule has 0 bridgehead atoms. The van der Waals surface area contributed by atoms with Crippen LogP contribution in [0, 0.1) is 6.92 Å². The molecule has 2 N–H and O–H groups in total. The van der Waals surface area contributed by atoms with Crippen LogP contribution in [0.15, 0.2) is 52.9 Å². The highest BCUT2D eigenvalue weighted by molar-refractivity contribution is 5.93. The molecule has 0 saturated carbocycles. The molecule has 1 atom stereocenters. The Kier molecular flexibility index (Phi) is 4.93. The first kappa shape index (κ1) is 17.4. The summed E-state index contributed by atoms with van der Waals surface area (Å²) >= 11 is 0. The average molecular weight is 366 g/mol. The Balaban J connectivity index is 1.33. The molecule has 4 rings (SSSR count). The van der Waals surface area contributed by atoms with E-state index >= 15 is 0 Å². The Morgan fingerprint density at radius 2 is 2.15 bits per heavy atom. The fraction of sp³-hybridized carbons (Fsp3) is 0.300. The molecule has 0 spiro atoms. The van der Waals surface area contributed by atoms with Gasteiger partial charge in [0.05, 0.1) is 12.7 Å². The smallest absolute Gasteiger partial charge is 0.271 e. The molecule has 1 aliphatic heterocycles. The molecule has 1 aliphatic rings. The van der Waals surface area contributed by atoms with Crippen molar-refractivity contribution in [2.45, 2.75) is 13.0 Å². The summed E-state index contributed by atoms with van der Waals surface area (Å²) in [4.78, 5) is 14.7. The Morgan fingerprint density at radius 3 is 2.93 bits per heavy atom. The second kappa shape index (κ2) is 7.67. The van der Waals surface area contributed by atoms with Crippen molar-refractivity contribution in [2.24, 2.45) is 0 Å². The highest BCUT2D eigenvalue weighted by Gasteiger charge is 2.22. The molecule has 1 fully saturated rings. The Labute approximate surface area is 157 Å². The van der Waals surface area contributed by atoms with Gasteiger partial charge in [-0.2, -0.15) is 5.10 Å². The number of H-pyrrole nitrogens is 1. The number of morpholine rings is 1. The monoisotopic (exact) mass is 366 g/mol. The van der Waals surface area contributed by atoms with Gasteiger partial charge in [-0.25, -0.2) is 0 Å². The zero-order chi connectivity index (χ0) is 18.6. The predicted octanol–water partition coefficient (Wildman–Crippen LogP) is 2.61. The number of nitrogens with zero attached hydrogens (tertiary/aromatic N) is 2. The summed E-state index contributed by atoms with van der Waals surface area (Å²) in [6.07, 6.45) is -0.0611. The molecule has 3 aromatic rings. The number of anilines is 1. The molecule has 1 saturated heterocycles. The SMILES string of the molecule is Cc1ccc(-c2cc(C(=O)NC[C@H]3CN(c4ccccc4)CCO3)n[nH]2)o1. The molecule has 7 nitrogen and oxygen atoms in total. The topological polar surface area (TPSA) is 83.4 Å². The Bertz CT molecular complexity index is 903. The van der Waals surface area contributed by atoms with Crippen molar-refractivity contribution < 1.29 is 13.9 Å². The summed E-state index contributed by atoms with van der Waals surface area (Å²) in [5.41, 5.74) is 2.18. The van der Waals surface area contributed by atoms with Crippen LogP contribution >= 0.6 is 0 Å². The van der Waals surface area contributed by atoms with E-state index in [1.165, 1.54) is 5.69 Å². The van der Waals surface area contributed by atoms with E-state index in [2.05, 4.69) is 32.5 Å². The standard InChI is InChI=1S/C20H22N4O3/c1-14-7-8-19(27-14)17-11-18(23-22-17)20(25)21-12-16-13-24(9-10-26-16)15-5-3-2-4-6-15/h2-8,11,16H,9-10,12-13H2,1H3,(H,21,25)(H,22,23)/t16-/m0/s1. The number of aryl methyl sites for hydroxylation is 1. The molecule has 27 heavy (non-hydrogen) atoms. The lowest BCUT2D eigenvalue weighted by Gasteiger charge is -2.34. The molecule has 2 aromatic heterocycles. The van der Waals surface area contributed by atoms with Gasteiger partial charge in [0.1, 0.15) is 11.5 Å². The minimum Gasteiger partial charge on any atom is -0.460 e. The van der Waals surface area contributed by atoms with Crippen molar-refractivity contribution in [2.75, 3.05) is 31.1 Å². The fourth-order valence-electron chi connectivity index (χ4n) is 3.16. The summed E-state index contributed by atoms with van der Waals surface area (Å²) in [7, 11) is 0. The first-order chi connectivity index (χ1) is 13.2. The van der Waals surface area contributed by atoms with Crippen LogP contribution in [0.5, 0.6) is 0 Å². The largest absolute Gasteiger partial charge is 0.460 e. The highest BCUT2D eigenvalue weighted by atomic mass is 16.5. The number of carbonyl (C=O) groups excluding carboxylic acids is 1. The lowest BCUT2D eigenvalue weighted by atomic mass is 10.2. The lowest BCUT2D eigenvalue weighted by molar-refractivity contribution is 0.0396. The molecular weight excluding hydrogens is 344 g/mol. The van der Waals surface area contributed by atoms with Crippen LogP contribution in [0.25, 0.3) is 11.5 Å². The van der Waals surface area contributed by atoms with Gasteiger partial charge >= 0.3 is 0 Å². The van der Waals surface area contributed by atoms with Crippen molar-refractivity contribution in [3.8, 4) is 11.5 Å². The molecule has 1 amide bonds. The zero-order valence-electron chi connectivity index (χ0n) is 15.1. The van der Waals surface area contributed by atoms with E-state index in [-0.39, 0.29) is 12.0 Å². The maximum atomic E-state index is 12.4. The maximum Gasteiger partial charge on any atom is 0.271 e. The number of benzene rings is 1. The fourth-order valence-corrected chi connectivity index (χ4v) is 3.16. The molecule has 0 aliphatic carbocycles. The molecular formula is C20H22N4O3. The molecule has 3 heterocycles. The predicted molar refractivity (Wildman–Crippen MR) is 102 cm³/mol. The van der Waals surface area contributed by atoms with Crippen LogP contribution in [-0.2, 0) is 4.74 Å². The van der Waals surface area contributed by atoms with Gasteiger partial charge in [0.15, 0.2) is 11.5 Å². The van der Waals surface area contributed by atoms with Gasteiger partial charge in [-0.3, -0.25) is 9.89 Å². The summed E-state index contributed by atoms with van der Waals surface area (Å²) in [6, 6.07) is 15.6. The number of hydrogen-bond acceptors (Lipinski definition) is 5. The van der Waals surface area contributed by atoms with Crippen LogP contribution < -0.4 is 10.2 Å². The van der Waals surface area contributed by atoms with Gasteiger partial charge in [-0.05, 0) is 31.2 Å². The van der Waals surface area contributed by atoms with E-state index in [1.807, 2.05) is 37.3 Å². The van der Waals surface area contributed by atoms with Crippen LogP contribution in [-0.4, -0.2) is 48.4 Å². The maximum absolute atomic E-state index is 12.4. The highest BCUT2D eigenvalue weighted by Crippen LogP contribution is 2.20. The average Bonchev–Trinajstić information content (AvgIpc) is 3.36. The van der Waals surface area contributed by atoms with Gasteiger partial charge in [0.2, 0.25) is 0 Å². The van der Waals surface area contributed by atoms with E-state index in [0.29, 0.717) is 30.3 Å². The molecule has 7 heteroatoms. The summed E-state index contributed by atoms with van der Waals surface area (Å²) in [5, 5.41) is 9.83. The minimum absolute atomic E-state index is 0.0611. The van der Waals surface area contributed by atoms with Crippen LogP contribution in [0.3, 0.4) is 0 Å². The van der Waals surface area contributed by atoms with Gasteiger partial charge in [0.25, 0.3) is 5.91 Å². The second-order valence-electron chi connectivity index (χ2n) is 6.56.